The second-order valence-electron chi connectivity index (χ2n) is 2.97. The van der Waals surface area contributed by atoms with Crippen LogP contribution in [0.4, 0.5) is 0 Å². The van der Waals surface area contributed by atoms with Crippen molar-refractivity contribution < 1.29 is 5.11 Å². The summed E-state index contributed by atoms with van der Waals surface area (Å²) < 4.78 is 0. The smallest absolute Gasteiger partial charge is 0.0636 e. The Morgan fingerprint density at radius 2 is 2.00 bits per heavy atom. The third-order valence-electron chi connectivity index (χ3n) is 2.07. The van der Waals surface area contributed by atoms with E-state index in [9.17, 15) is 5.11 Å². The largest absolute Gasteiger partial charge is 0.393 e. The van der Waals surface area contributed by atoms with Crippen LogP contribution in [0.1, 0.15) is 25.7 Å². The van der Waals surface area contributed by atoms with Crippen molar-refractivity contribution in [3.05, 3.63) is 22.6 Å². The van der Waals surface area contributed by atoms with Crippen LogP contribution in [0.2, 0.25) is 0 Å². The number of rotatable bonds is 1. The van der Waals surface area contributed by atoms with E-state index in [0.29, 0.717) is 6.42 Å². The van der Waals surface area contributed by atoms with Gasteiger partial charge in [0.15, 0.2) is 0 Å². The number of aliphatic hydroxyl groups is 1. The van der Waals surface area contributed by atoms with E-state index >= 15 is 0 Å². The predicted molar refractivity (Wildman–Crippen MR) is 46.5 cm³/mol. The topological polar surface area (TPSA) is 69.0 Å². The highest BCUT2D eigenvalue weighted by molar-refractivity contribution is 4.90. The Labute approximate surface area is 71.5 Å². The van der Waals surface area contributed by atoms with Gasteiger partial charge in [0.2, 0.25) is 0 Å². The molecule has 0 bridgehead atoms. The zero-order valence-corrected chi connectivity index (χ0v) is 6.93. The summed E-state index contributed by atoms with van der Waals surface area (Å²) in [7, 11) is 0. The van der Waals surface area contributed by atoms with Crippen LogP contribution in [0, 0.1) is 0 Å². The van der Waals surface area contributed by atoms with Crippen molar-refractivity contribution in [1.82, 2.24) is 0 Å². The zero-order chi connectivity index (χ0) is 8.81. The van der Waals surface area contributed by atoms with Gasteiger partial charge in [-0.3, -0.25) is 0 Å². The third-order valence-corrected chi connectivity index (χ3v) is 2.07. The van der Waals surface area contributed by atoms with E-state index < -0.39 is 6.10 Å². The van der Waals surface area contributed by atoms with Gasteiger partial charge < -0.3 is 5.11 Å². The van der Waals surface area contributed by atoms with Gasteiger partial charge in [0, 0.05) is 4.91 Å². The Morgan fingerprint density at radius 3 is 2.67 bits per heavy atom. The Balaban J connectivity index is 2.57. The lowest BCUT2D eigenvalue weighted by atomic mass is 9.99. The molecule has 1 rings (SSSR count). The van der Waals surface area contributed by atoms with Gasteiger partial charge in [-0.25, -0.2) is 0 Å². The molecule has 1 aliphatic carbocycles. The zero-order valence-electron chi connectivity index (χ0n) is 6.93. The molecule has 4 heteroatoms. The molecule has 0 aromatic heterocycles. The first-order valence-electron chi connectivity index (χ1n) is 4.22. The summed E-state index contributed by atoms with van der Waals surface area (Å²) >= 11 is 0. The molecule has 2 unspecified atom stereocenters. The van der Waals surface area contributed by atoms with Crippen molar-refractivity contribution in [3.63, 3.8) is 0 Å². The molecular weight excluding hydrogens is 154 g/mol. The van der Waals surface area contributed by atoms with E-state index in [4.69, 9.17) is 5.53 Å². The summed E-state index contributed by atoms with van der Waals surface area (Å²) in [6, 6.07) is -0.236. The van der Waals surface area contributed by atoms with Crippen LogP contribution in [0.15, 0.2) is 17.3 Å². The van der Waals surface area contributed by atoms with Crippen LogP contribution in [-0.4, -0.2) is 17.3 Å². The van der Waals surface area contributed by atoms with Gasteiger partial charge in [0.1, 0.15) is 0 Å². The highest BCUT2D eigenvalue weighted by Gasteiger charge is 2.17. The van der Waals surface area contributed by atoms with Gasteiger partial charge in [-0.1, -0.05) is 17.3 Å². The average molecular weight is 167 g/mol. The third kappa shape index (κ3) is 2.57. The molecule has 0 aromatic carbocycles. The quantitative estimate of drug-likeness (QED) is 0.276. The van der Waals surface area contributed by atoms with E-state index in [1.807, 2.05) is 0 Å². The van der Waals surface area contributed by atoms with Gasteiger partial charge >= 0.3 is 0 Å². The minimum Gasteiger partial charge on any atom is -0.393 e. The van der Waals surface area contributed by atoms with Crippen LogP contribution in [0.25, 0.3) is 10.4 Å². The summed E-state index contributed by atoms with van der Waals surface area (Å²) in [4.78, 5) is 2.72. The highest BCUT2D eigenvalue weighted by Crippen LogP contribution is 2.16. The summed E-state index contributed by atoms with van der Waals surface area (Å²) in [5, 5.41) is 13.1. The number of azide groups is 1. The lowest BCUT2D eigenvalue weighted by Crippen LogP contribution is -2.24. The summed E-state index contributed by atoms with van der Waals surface area (Å²) in [6.07, 6.45) is 6.88. The van der Waals surface area contributed by atoms with Gasteiger partial charge in [-0.05, 0) is 31.2 Å². The monoisotopic (exact) mass is 167 g/mol. The van der Waals surface area contributed by atoms with Crippen LogP contribution in [0.3, 0.4) is 0 Å². The van der Waals surface area contributed by atoms with Gasteiger partial charge in [-0.15, -0.1) is 0 Å². The second kappa shape index (κ2) is 4.80. The maximum absolute atomic E-state index is 9.51. The van der Waals surface area contributed by atoms with Crippen molar-refractivity contribution in [2.45, 2.75) is 37.8 Å². The van der Waals surface area contributed by atoms with Crippen LogP contribution < -0.4 is 0 Å². The molecule has 0 aliphatic heterocycles. The van der Waals surface area contributed by atoms with Crippen LogP contribution >= 0.6 is 0 Å². The van der Waals surface area contributed by atoms with Crippen molar-refractivity contribution in [1.29, 1.82) is 0 Å². The molecular formula is C8H13N3O. The highest BCUT2D eigenvalue weighted by atomic mass is 16.3. The van der Waals surface area contributed by atoms with Crippen molar-refractivity contribution >= 4 is 0 Å². The molecule has 12 heavy (non-hydrogen) atoms. The average Bonchev–Trinajstić information content (AvgIpc) is 2.05. The number of nitrogens with zero attached hydrogens (tertiary/aromatic N) is 3. The van der Waals surface area contributed by atoms with E-state index in [2.05, 4.69) is 22.2 Å². The Bertz CT molecular complexity index is 208. The maximum Gasteiger partial charge on any atom is 0.0636 e. The van der Waals surface area contributed by atoms with Crippen molar-refractivity contribution in [2.75, 3.05) is 0 Å². The second-order valence-corrected chi connectivity index (χ2v) is 2.97. The summed E-state index contributed by atoms with van der Waals surface area (Å²) in [5.74, 6) is 0. The molecule has 0 saturated carbocycles. The fourth-order valence-electron chi connectivity index (χ4n) is 1.36. The molecule has 2 atom stereocenters. The maximum atomic E-state index is 9.51. The van der Waals surface area contributed by atoms with E-state index in [1.165, 1.54) is 0 Å². The molecule has 0 saturated heterocycles. The number of hydrogen-bond acceptors (Lipinski definition) is 2. The van der Waals surface area contributed by atoms with Crippen LogP contribution in [0.5, 0.6) is 0 Å². The van der Waals surface area contributed by atoms with E-state index in [-0.39, 0.29) is 6.04 Å². The van der Waals surface area contributed by atoms with Crippen molar-refractivity contribution in [2.24, 2.45) is 5.11 Å². The molecule has 0 fully saturated rings. The van der Waals surface area contributed by atoms with E-state index in [0.717, 1.165) is 19.3 Å². The molecule has 0 heterocycles. The van der Waals surface area contributed by atoms with Crippen LogP contribution in [-0.2, 0) is 0 Å². The normalized spacial score (nSPS) is 32.8. The van der Waals surface area contributed by atoms with Crippen molar-refractivity contribution in [3.8, 4) is 0 Å². The first kappa shape index (κ1) is 9.10. The lowest BCUT2D eigenvalue weighted by molar-refractivity contribution is 0.131. The summed E-state index contributed by atoms with van der Waals surface area (Å²) in [5.41, 5.74) is 8.23. The number of allylic oxidation sites excluding steroid dienone is 2. The molecule has 1 N–H and O–H groups in total. The standard InChI is InChI=1S/C8H13N3O/c9-11-10-7-5-3-1-2-4-6-8(7)12/h1-2,7-8,12H,3-6H2/b2-1-. The fourth-order valence-corrected chi connectivity index (χ4v) is 1.36. The minimum atomic E-state index is -0.467. The Morgan fingerprint density at radius 1 is 1.33 bits per heavy atom. The number of aliphatic hydroxyl groups excluding tert-OH is 1. The van der Waals surface area contributed by atoms with Gasteiger partial charge in [0.25, 0.3) is 0 Å². The summed E-state index contributed by atoms with van der Waals surface area (Å²) in [6.45, 7) is 0. The van der Waals surface area contributed by atoms with Gasteiger partial charge in [-0.2, -0.15) is 0 Å². The molecule has 66 valence electrons. The molecule has 1 aliphatic rings. The van der Waals surface area contributed by atoms with E-state index in [1.54, 1.807) is 0 Å². The number of hydrogen-bond donors (Lipinski definition) is 1. The first-order chi connectivity index (χ1) is 5.84. The molecule has 0 amide bonds. The molecule has 0 radical (unpaired) electrons. The SMILES string of the molecule is [N-]=[N+]=NC1CC/C=C\CCC1O. The molecule has 0 spiro atoms. The minimum absolute atomic E-state index is 0.236. The predicted octanol–water partition coefficient (Wildman–Crippen LogP) is 2.16. The first-order valence-corrected chi connectivity index (χ1v) is 4.22. The molecule has 0 aromatic rings. The fraction of sp³-hybridized carbons (Fsp3) is 0.750. The molecule has 4 nitrogen and oxygen atoms in total. The van der Waals surface area contributed by atoms with Gasteiger partial charge in [0.05, 0.1) is 12.1 Å². The Kier molecular flexibility index (Phi) is 3.64. The Hall–Kier alpha value is -0.990. The lowest BCUT2D eigenvalue weighted by Gasteiger charge is -2.18.